The van der Waals surface area contributed by atoms with Crippen LogP contribution >= 0.6 is 0 Å². The molecule has 3 rings (SSSR count). The predicted molar refractivity (Wildman–Crippen MR) is 54.2 cm³/mol. The molecule has 3 aliphatic rings. The van der Waals surface area contributed by atoms with Gasteiger partial charge in [-0.05, 0) is 32.1 Å². The first-order chi connectivity index (χ1) is 7.27. The Balaban J connectivity index is 1.76. The summed E-state index contributed by atoms with van der Waals surface area (Å²) in [7, 11) is 0. The van der Waals surface area contributed by atoms with Crippen LogP contribution < -0.4 is 0 Å². The van der Waals surface area contributed by atoms with Crippen LogP contribution in [0.25, 0.3) is 0 Å². The monoisotopic (exact) mass is 208 g/mol. The van der Waals surface area contributed by atoms with E-state index in [1.165, 1.54) is 4.90 Å². The molecule has 1 aliphatic heterocycles. The van der Waals surface area contributed by atoms with Crippen LogP contribution in [0.4, 0.5) is 4.79 Å². The summed E-state index contributed by atoms with van der Waals surface area (Å²) in [5, 5.41) is 0. The molecule has 82 valence electrons. The van der Waals surface area contributed by atoms with Crippen LogP contribution in [0.15, 0.2) is 0 Å². The zero-order valence-corrected chi connectivity index (χ0v) is 8.82. The third-order valence-corrected chi connectivity index (χ3v) is 3.71. The normalized spacial score (nSPS) is 28.3. The van der Waals surface area contributed by atoms with Crippen molar-refractivity contribution in [3.63, 3.8) is 0 Å². The van der Waals surface area contributed by atoms with Crippen LogP contribution in [-0.2, 0) is 4.79 Å². The molecule has 0 bridgehead atoms. The van der Waals surface area contributed by atoms with E-state index in [1.54, 1.807) is 0 Å². The van der Waals surface area contributed by atoms with Crippen molar-refractivity contribution in [2.75, 3.05) is 6.54 Å². The van der Waals surface area contributed by atoms with Crippen LogP contribution in [0.1, 0.15) is 38.5 Å². The minimum atomic E-state index is -0.0153. The lowest BCUT2D eigenvalue weighted by Gasteiger charge is -2.42. The number of hydrogen-bond donors (Lipinski definition) is 0. The van der Waals surface area contributed by atoms with Gasteiger partial charge in [0, 0.05) is 25.0 Å². The van der Waals surface area contributed by atoms with E-state index in [2.05, 4.69) is 0 Å². The molecule has 0 aromatic heterocycles. The number of carbonyl (C=O) groups is 2. The van der Waals surface area contributed by atoms with Crippen LogP contribution in [-0.4, -0.2) is 40.4 Å². The highest BCUT2D eigenvalue weighted by Crippen LogP contribution is 2.33. The highest BCUT2D eigenvalue weighted by molar-refractivity contribution is 5.97. The summed E-state index contributed by atoms with van der Waals surface area (Å²) in [6.07, 6.45) is 5.95. The zero-order valence-electron chi connectivity index (χ0n) is 8.82. The number of amides is 3. The zero-order chi connectivity index (χ0) is 10.4. The molecule has 4 heteroatoms. The summed E-state index contributed by atoms with van der Waals surface area (Å²) in [5.41, 5.74) is 0. The fourth-order valence-corrected chi connectivity index (χ4v) is 2.41. The highest BCUT2D eigenvalue weighted by atomic mass is 16.2. The molecule has 0 spiro atoms. The van der Waals surface area contributed by atoms with Crippen molar-refractivity contribution in [2.45, 2.75) is 50.6 Å². The molecule has 15 heavy (non-hydrogen) atoms. The van der Waals surface area contributed by atoms with Gasteiger partial charge in [-0.15, -0.1) is 0 Å². The molecule has 4 nitrogen and oxygen atoms in total. The van der Waals surface area contributed by atoms with Crippen LogP contribution in [0, 0.1) is 0 Å². The summed E-state index contributed by atoms with van der Waals surface area (Å²) in [6, 6.07) is 0.637. The maximum atomic E-state index is 12.1. The second-order valence-corrected chi connectivity index (χ2v) is 4.81. The van der Waals surface area contributed by atoms with E-state index in [4.69, 9.17) is 0 Å². The first-order valence-electron chi connectivity index (χ1n) is 5.90. The van der Waals surface area contributed by atoms with Gasteiger partial charge in [0.15, 0.2) is 0 Å². The van der Waals surface area contributed by atoms with E-state index in [9.17, 15) is 9.59 Å². The Morgan fingerprint density at radius 3 is 2.27 bits per heavy atom. The molecule has 1 saturated heterocycles. The van der Waals surface area contributed by atoms with Gasteiger partial charge in [-0.1, -0.05) is 0 Å². The molecule has 0 aromatic rings. The van der Waals surface area contributed by atoms with Crippen molar-refractivity contribution in [1.82, 2.24) is 9.80 Å². The number of urea groups is 1. The van der Waals surface area contributed by atoms with Crippen molar-refractivity contribution in [3.8, 4) is 0 Å². The number of carbonyl (C=O) groups excluding carboxylic acids is 2. The summed E-state index contributed by atoms with van der Waals surface area (Å²) >= 11 is 0. The number of nitrogens with zero attached hydrogens (tertiary/aromatic N) is 2. The Hall–Kier alpha value is -1.06. The standard InChI is InChI=1S/C11H16N2O2/c14-10-6-7-12(8-4-5-8)11(15)13(10)9-2-1-3-9/h8-9H,1-7H2. The molecule has 0 unspecified atom stereocenters. The summed E-state index contributed by atoms with van der Waals surface area (Å²) < 4.78 is 0. The van der Waals surface area contributed by atoms with Gasteiger partial charge in [0.05, 0.1) is 0 Å². The van der Waals surface area contributed by atoms with Gasteiger partial charge in [0.2, 0.25) is 5.91 Å². The largest absolute Gasteiger partial charge is 0.327 e. The minimum absolute atomic E-state index is 0.0153. The fourth-order valence-electron chi connectivity index (χ4n) is 2.41. The first kappa shape index (κ1) is 9.19. The topological polar surface area (TPSA) is 40.6 Å². The maximum absolute atomic E-state index is 12.1. The van der Waals surface area contributed by atoms with Crippen LogP contribution in [0.5, 0.6) is 0 Å². The second-order valence-electron chi connectivity index (χ2n) is 4.81. The Kier molecular flexibility index (Phi) is 1.97. The molecular formula is C11H16N2O2. The SMILES string of the molecule is O=C1CCN(C2CC2)C(=O)N1C1CCC1. The van der Waals surface area contributed by atoms with E-state index < -0.39 is 0 Å². The molecule has 0 aromatic carbocycles. The van der Waals surface area contributed by atoms with E-state index in [0.717, 1.165) is 32.1 Å². The minimum Gasteiger partial charge on any atom is -0.321 e. The van der Waals surface area contributed by atoms with Gasteiger partial charge in [-0.3, -0.25) is 9.69 Å². The van der Waals surface area contributed by atoms with E-state index >= 15 is 0 Å². The van der Waals surface area contributed by atoms with E-state index in [1.807, 2.05) is 4.90 Å². The quantitative estimate of drug-likeness (QED) is 0.687. The van der Waals surface area contributed by atoms with Crippen LogP contribution in [0.2, 0.25) is 0 Å². The third kappa shape index (κ3) is 1.43. The van der Waals surface area contributed by atoms with Gasteiger partial charge in [-0.2, -0.15) is 0 Å². The Bertz CT molecular complexity index is 308. The molecule has 3 fully saturated rings. The summed E-state index contributed by atoms with van der Waals surface area (Å²) in [4.78, 5) is 27.2. The van der Waals surface area contributed by atoms with Gasteiger partial charge in [0.1, 0.15) is 0 Å². The van der Waals surface area contributed by atoms with Crippen molar-refractivity contribution in [3.05, 3.63) is 0 Å². The lowest BCUT2D eigenvalue weighted by Crippen LogP contribution is -2.58. The van der Waals surface area contributed by atoms with Gasteiger partial charge < -0.3 is 4.90 Å². The van der Waals surface area contributed by atoms with E-state index in [0.29, 0.717) is 19.0 Å². The van der Waals surface area contributed by atoms with E-state index in [-0.39, 0.29) is 18.0 Å². The lowest BCUT2D eigenvalue weighted by atomic mass is 9.91. The van der Waals surface area contributed by atoms with Gasteiger partial charge in [0.25, 0.3) is 0 Å². The molecule has 3 amide bonds. The fraction of sp³-hybridized carbons (Fsp3) is 0.818. The highest BCUT2D eigenvalue weighted by Gasteiger charge is 2.43. The summed E-state index contributed by atoms with van der Waals surface area (Å²) in [6.45, 7) is 0.644. The Morgan fingerprint density at radius 2 is 1.73 bits per heavy atom. The lowest BCUT2D eigenvalue weighted by molar-refractivity contribution is -0.134. The molecule has 2 aliphatic carbocycles. The van der Waals surface area contributed by atoms with Crippen molar-refractivity contribution in [2.24, 2.45) is 0 Å². The Morgan fingerprint density at radius 1 is 1.00 bits per heavy atom. The number of rotatable bonds is 2. The molecule has 0 atom stereocenters. The van der Waals surface area contributed by atoms with Crippen molar-refractivity contribution < 1.29 is 9.59 Å². The number of imide groups is 1. The summed E-state index contributed by atoms with van der Waals surface area (Å²) in [5.74, 6) is 0.0431. The first-order valence-corrected chi connectivity index (χ1v) is 5.90. The predicted octanol–water partition coefficient (Wildman–Crippen LogP) is 1.36. The number of hydrogen-bond acceptors (Lipinski definition) is 2. The average molecular weight is 208 g/mol. The molecule has 1 heterocycles. The third-order valence-electron chi connectivity index (χ3n) is 3.71. The van der Waals surface area contributed by atoms with Crippen molar-refractivity contribution in [1.29, 1.82) is 0 Å². The smallest absolute Gasteiger partial charge is 0.321 e. The average Bonchev–Trinajstić information content (AvgIpc) is 2.92. The Labute approximate surface area is 89.2 Å². The van der Waals surface area contributed by atoms with Crippen molar-refractivity contribution >= 4 is 11.9 Å². The molecule has 2 saturated carbocycles. The van der Waals surface area contributed by atoms with Gasteiger partial charge in [-0.25, -0.2) is 4.79 Å². The molecular weight excluding hydrogens is 192 g/mol. The van der Waals surface area contributed by atoms with Gasteiger partial charge >= 0.3 is 6.03 Å². The maximum Gasteiger partial charge on any atom is 0.327 e. The van der Waals surface area contributed by atoms with Crippen LogP contribution in [0.3, 0.4) is 0 Å². The second kappa shape index (κ2) is 3.22. The molecule has 0 radical (unpaired) electrons. The molecule has 0 N–H and O–H groups in total.